The molecule has 1 saturated heterocycles. The average Bonchev–Trinajstić information content (AvgIpc) is 2.71. The van der Waals surface area contributed by atoms with Crippen LogP contribution in [0, 0.1) is 0 Å². The van der Waals surface area contributed by atoms with E-state index in [0.29, 0.717) is 12.2 Å². The summed E-state index contributed by atoms with van der Waals surface area (Å²) in [5.74, 6) is 1.58. The molecule has 3 unspecified atom stereocenters. The molecule has 1 aliphatic heterocycles. The van der Waals surface area contributed by atoms with Crippen LogP contribution in [-0.4, -0.2) is 41.6 Å². The van der Waals surface area contributed by atoms with Crippen molar-refractivity contribution in [2.75, 3.05) is 5.75 Å². The fraction of sp³-hybridized carbons (Fsp3) is 0.882. The van der Waals surface area contributed by atoms with Gasteiger partial charge in [-0.05, 0) is 25.5 Å². The van der Waals surface area contributed by atoms with Crippen LogP contribution >= 0.6 is 11.8 Å². The van der Waals surface area contributed by atoms with Gasteiger partial charge in [-0.2, -0.15) is 0 Å². The van der Waals surface area contributed by atoms with Crippen molar-refractivity contribution in [3.8, 4) is 0 Å². The molecule has 1 heterocycles. The molecule has 3 atom stereocenters. The summed E-state index contributed by atoms with van der Waals surface area (Å²) < 4.78 is 0. The van der Waals surface area contributed by atoms with Crippen LogP contribution in [0.5, 0.6) is 0 Å². The highest BCUT2D eigenvalue weighted by Crippen LogP contribution is 2.29. The van der Waals surface area contributed by atoms with E-state index in [-0.39, 0.29) is 23.1 Å². The first-order valence-electron chi connectivity index (χ1n) is 8.94. The van der Waals surface area contributed by atoms with Gasteiger partial charge in [0.1, 0.15) is 7.85 Å². The van der Waals surface area contributed by atoms with Crippen LogP contribution < -0.4 is 0 Å². The Hall–Kier alpha value is -0.445. The first-order chi connectivity index (χ1) is 10.5. The lowest BCUT2D eigenvalue weighted by molar-refractivity contribution is -0.140. The third-order valence-electron chi connectivity index (χ3n) is 4.21. The highest BCUT2D eigenvalue weighted by atomic mass is 32.2. The van der Waals surface area contributed by atoms with E-state index in [2.05, 4.69) is 21.7 Å². The number of thioether (sulfide) groups is 1. The standard InChI is InChI=1S/C17H32BNO2S/c1-4-5-6-7-8-9-10-22-15-12-16(20)19(17(15)21)14(3)11-13(2)18/h13-15H,4-12,18H2,1-3H3. The third-order valence-corrected chi connectivity index (χ3v) is 5.51. The first kappa shape index (κ1) is 19.6. The Morgan fingerprint density at radius 1 is 1.18 bits per heavy atom. The number of hydrogen-bond acceptors (Lipinski definition) is 3. The lowest BCUT2D eigenvalue weighted by Gasteiger charge is -2.24. The monoisotopic (exact) mass is 325 g/mol. The normalized spacial score (nSPS) is 21.4. The van der Waals surface area contributed by atoms with Gasteiger partial charge in [-0.15, -0.1) is 11.8 Å². The van der Waals surface area contributed by atoms with Gasteiger partial charge < -0.3 is 0 Å². The number of carbonyl (C=O) groups excluding carboxylic acids is 2. The average molecular weight is 325 g/mol. The Kier molecular flexibility index (Phi) is 9.22. The maximum absolute atomic E-state index is 12.4. The second kappa shape index (κ2) is 10.4. The zero-order valence-electron chi connectivity index (χ0n) is 14.8. The van der Waals surface area contributed by atoms with E-state index in [0.717, 1.165) is 18.6 Å². The second-order valence-electron chi connectivity index (χ2n) is 6.91. The molecule has 0 aromatic heterocycles. The second-order valence-corrected chi connectivity index (χ2v) is 8.22. The first-order valence-corrected chi connectivity index (χ1v) is 9.99. The van der Waals surface area contributed by atoms with Crippen molar-refractivity contribution < 1.29 is 9.59 Å². The van der Waals surface area contributed by atoms with Crippen molar-refractivity contribution in [1.29, 1.82) is 0 Å². The minimum atomic E-state index is -0.127. The van der Waals surface area contributed by atoms with E-state index in [9.17, 15) is 9.59 Å². The molecule has 0 aliphatic carbocycles. The summed E-state index contributed by atoms with van der Waals surface area (Å²) in [5.41, 5.74) is 0. The molecule has 0 saturated carbocycles. The maximum Gasteiger partial charge on any atom is 0.243 e. The van der Waals surface area contributed by atoms with E-state index in [1.165, 1.54) is 37.0 Å². The minimum absolute atomic E-state index is 0.0265. The van der Waals surface area contributed by atoms with Crippen molar-refractivity contribution in [2.45, 2.75) is 89.2 Å². The molecule has 0 N–H and O–H groups in total. The van der Waals surface area contributed by atoms with Gasteiger partial charge >= 0.3 is 0 Å². The summed E-state index contributed by atoms with van der Waals surface area (Å²) in [4.78, 5) is 26.1. The number of carbonyl (C=O) groups is 2. The van der Waals surface area contributed by atoms with Crippen LogP contribution in [0.25, 0.3) is 0 Å². The minimum Gasteiger partial charge on any atom is -0.279 e. The fourth-order valence-electron chi connectivity index (χ4n) is 3.11. The van der Waals surface area contributed by atoms with Gasteiger partial charge in [0.25, 0.3) is 0 Å². The molecule has 1 rings (SSSR count). The predicted molar refractivity (Wildman–Crippen MR) is 98.1 cm³/mol. The zero-order chi connectivity index (χ0) is 16.5. The quantitative estimate of drug-likeness (QED) is 0.332. The van der Waals surface area contributed by atoms with Gasteiger partial charge in [0.15, 0.2) is 0 Å². The van der Waals surface area contributed by atoms with Crippen LogP contribution in [0.4, 0.5) is 0 Å². The molecule has 3 nitrogen and oxygen atoms in total. The van der Waals surface area contributed by atoms with E-state index in [4.69, 9.17) is 0 Å². The Balaban J connectivity index is 2.29. The number of likely N-dealkylation sites (tertiary alicyclic amines) is 1. The molecule has 126 valence electrons. The van der Waals surface area contributed by atoms with Gasteiger partial charge in [0.05, 0.1) is 5.25 Å². The maximum atomic E-state index is 12.4. The highest BCUT2D eigenvalue weighted by Gasteiger charge is 2.40. The molecule has 2 amide bonds. The molecule has 0 radical (unpaired) electrons. The number of imide groups is 1. The van der Waals surface area contributed by atoms with E-state index in [1.54, 1.807) is 11.8 Å². The lowest BCUT2D eigenvalue weighted by atomic mass is 9.84. The summed E-state index contributed by atoms with van der Waals surface area (Å²) in [6.45, 7) is 6.35. The topological polar surface area (TPSA) is 37.4 Å². The Morgan fingerprint density at radius 3 is 2.45 bits per heavy atom. The van der Waals surface area contributed by atoms with Crippen molar-refractivity contribution in [2.24, 2.45) is 0 Å². The smallest absolute Gasteiger partial charge is 0.243 e. The van der Waals surface area contributed by atoms with Crippen LogP contribution in [-0.2, 0) is 9.59 Å². The molecule has 0 aromatic rings. The third kappa shape index (κ3) is 6.35. The SMILES string of the molecule is BC(C)CC(C)N1C(=O)CC(SCCCCCCCC)C1=O. The molecular formula is C17H32BNO2S. The van der Waals surface area contributed by atoms with Crippen LogP contribution in [0.1, 0.15) is 72.1 Å². The summed E-state index contributed by atoms with van der Waals surface area (Å²) in [5, 5.41) is -0.127. The molecule has 0 bridgehead atoms. The van der Waals surface area contributed by atoms with Crippen LogP contribution in [0.3, 0.4) is 0 Å². The molecule has 22 heavy (non-hydrogen) atoms. The fourth-order valence-corrected chi connectivity index (χ4v) is 4.28. The van der Waals surface area contributed by atoms with Crippen LogP contribution in [0.15, 0.2) is 0 Å². The lowest BCUT2D eigenvalue weighted by Crippen LogP contribution is -2.39. The summed E-state index contributed by atoms with van der Waals surface area (Å²) in [6.07, 6.45) is 8.92. The Bertz CT molecular complexity index is 363. The van der Waals surface area contributed by atoms with Gasteiger partial charge in [-0.25, -0.2) is 0 Å². The van der Waals surface area contributed by atoms with E-state index in [1.807, 2.05) is 6.92 Å². The zero-order valence-corrected chi connectivity index (χ0v) is 15.6. The van der Waals surface area contributed by atoms with Gasteiger partial charge in [-0.3, -0.25) is 14.5 Å². The largest absolute Gasteiger partial charge is 0.279 e. The molecule has 1 aliphatic rings. The van der Waals surface area contributed by atoms with Gasteiger partial charge in [0, 0.05) is 12.5 Å². The van der Waals surface area contributed by atoms with Crippen molar-refractivity contribution in [3.05, 3.63) is 0 Å². The number of rotatable bonds is 11. The predicted octanol–water partition coefficient (Wildman–Crippen LogP) is 3.43. The highest BCUT2D eigenvalue weighted by molar-refractivity contribution is 8.00. The number of amides is 2. The van der Waals surface area contributed by atoms with E-state index >= 15 is 0 Å². The van der Waals surface area contributed by atoms with Crippen molar-refractivity contribution in [3.63, 3.8) is 0 Å². The van der Waals surface area contributed by atoms with E-state index < -0.39 is 0 Å². The number of nitrogens with zero attached hydrogens (tertiary/aromatic N) is 1. The Morgan fingerprint density at radius 2 is 1.82 bits per heavy atom. The summed E-state index contributed by atoms with van der Waals surface area (Å²) in [7, 11) is 2.13. The molecule has 0 spiro atoms. The van der Waals surface area contributed by atoms with Gasteiger partial charge in [-0.1, -0.05) is 51.8 Å². The Labute approximate surface area is 141 Å². The number of unbranched alkanes of at least 4 members (excludes halogenated alkanes) is 5. The van der Waals surface area contributed by atoms with Gasteiger partial charge in [0.2, 0.25) is 11.8 Å². The van der Waals surface area contributed by atoms with Crippen molar-refractivity contribution in [1.82, 2.24) is 4.90 Å². The molecule has 5 heteroatoms. The molecule has 1 fully saturated rings. The molecule has 0 aromatic carbocycles. The van der Waals surface area contributed by atoms with Crippen molar-refractivity contribution >= 4 is 31.4 Å². The summed E-state index contributed by atoms with van der Waals surface area (Å²) >= 11 is 1.69. The molecular weight excluding hydrogens is 293 g/mol. The van der Waals surface area contributed by atoms with Crippen LogP contribution in [0.2, 0.25) is 5.82 Å². The number of hydrogen-bond donors (Lipinski definition) is 0. The summed E-state index contributed by atoms with van der Waals surface area (Å²) in [6, 6.07) is 0.0413.